The minimum atomic E-state index is -3.23. The third kappa shape index (κ3) is 3.34. The van der Waals surface area contributed by atoms with Crippen molar-refractivity contribution in [3.63, 3.8) is 0 Å². The number of nitrogens with zero attached hydrogens (tertiary/aromatic N) is 2. The number of sulfonamides is 1. The molecule has 0 unspecified atom stereocenters. The molecule has 0 spiro atoms. The van der Waals surface area contributed by atoms with Crippen molar-refractivity contribution in [2.45, 2.75) is 50.6 Å². The molecule has 1 aromatic rings. The van der Waals surface area contributed by atoms with Crippen LogP contribution in [0.5, 0.6) is 0 Å². The van der Waals surface area contributed by atoms with Crippen molar-refractivity contribution >= 4 is 15.9 Å². The number of carbonyl (C=O) groups excluding carboxylic acids is 1. The molecular formula is C19H26N2O3S. The molecule has 4 rings (SSSR count). The van der Waals surface area contributed by atoms with E-state index in [1.165, 1.54) is 21.7 Å². The molecule has 0 N–H and O–H groups in total. The Balaban J connectivity index is 1.57. The summed E-state index contributed by atoms with van der Waals surface area (Å²) in [7, 11) is -3.23. The third-order valence-electron chi connectivity index (χ3n) is 5.83. The fourth-order valence-electron chi connectivity index (χ4n) is 4.42. The van der Waals surface area contributed by atoms with Gasteiger partial charge in [-0.25, -0.2) is 12.7 Å². The van der Waals surface area contributed by atoms with Crippen LogP contribution in [0, 0.1) is 5.92 Å². The molecule has 0 bridgehead atoms. The van der Waals surface area contributed by atoms with Gasteiger partial charge in [-0.05, 0) is 49.7 Å². The van der Waals surface area contributed by atoms with Crippen LogP contribution < -0.4 is 0 Å². The van der Waals surface area contributed by atoms with E-state index < -0.39 is 10.0 Å². The number of amides is 1. The maximum Gasteiger partial charge on any atom is 0.227 e. The molecule has 1 saturated heterocycles. The van der Waals surface area contributed by atoms with Gasteiger partial charge in [0.15, 0.2) is 0 Å². The van der Waals surface area contributed by atoms with Gasteiger partial charge in [-0.15, -0.1) is 0 Å². The van der Waals surface area contributed by atoms with Gasteiger partial charge < -0.3 is 4.90 Å². The van der Waals surface area contributed by atoms with Gasteiger partial charge in [0.1, 0.15) is 0 Å². The monoisotopic (exact) mass is 362 g/mol. The molecule has 0 aromatic heterocycles. The highest BCUT2D eigenvalue weighted by Gasteiger charge is 2.43. The molecule has 3 aliphatic rings. The number of piperidine rings is 1. The van der Waals surface area contributed by atoms with Gasteiger partial charge >= 0.3 is 0 Å². The van der Waals surface area contributed by atoms with E-state index in [4.69, 9.17) is 0 Å². The summed E-state index contributed by atoms with van der Waals surface area (Å²) in [5.41, 5.74) is 2.64. The van der Waals surface area contributed by atoms with Gasteiger partial charge in [0.2, 0.25) is 15.9 Å². The van der Waals surface area contributed by atoms with Gasteiger partial charge in [-0.3, -0.25) is 4.79 Å². The molecule has 0 radical (unpaired) electrons. The Morgan fingerprint density at radius 3 is 2.64 bits per heavy atom. The van der Waals surface area contributed by atoms with Crippen molar-refractivity contribution in [3.05, 3.63) is 35.4 Å². The fraction of sp³-hybridized carbons (Fsp3) is 0.632. The Morgan fingerprint density at radius 2 is 1.92 bits per heavy atom. The Labute approximate surface area is 150 Å². The second-order valence-corrected chi connectivity index (χ2v) is 9.67. The van der Waals surface area contributed by atoms with Gasteiger partial charge in [0.05, 0.1) is 18.2 Å². The first kappa shape index (κ1) is 17.0. The van der Waals surface area contributed by atoms with Crippen molar-refractivity contribution in [3.8, 4) is 0 Å². The smallest absolute Gasteiger partial charge is 0.227 e. The summed E-state index contributed by atoms with van der Waals surface area (Å²) in [4.78, 5) is 15.5. The molecule has 136 valence electrons. The number of aryl methyl sites for hydroxylation is 1. The summed E-state index contributed by atoms with van der Waals surface area (Å²) in [5, 5.41) is 0. The lowest BCUT2D eigenvalue weighted by Gasteiger charge is -2.37. The second-order valence-electron chi connectivity index (χ2n) is 7.69. The Hall–Kier alpha value is -1.40. The molecule has 1 aliphatic heterocycles. The zero-order valence-corrected chi connectivity index (χ0v) is 15.5. The van der Waals surface area contributed by atoms with Crippen LogP contribution in [0.2, 0.25) is 0 Å². The molecule has 1 heterocycles. The van der Waals surface area contributed by atoms with Crippen LogP contribution in [-0.4, -0.2) is 48.9 Å². The van der Waals surface area contributed by atoms with Crippen LogP contribution in [-0.2, 0) is 21.2 Å². The van der Waals surface area contributed by atoms with Gasteiger partial charge in [-0.1, -0.05) is 24.3 Å². The molecule has 1 amide bonds. The lowest BCUT2D eigenvalue weighted by Crippen LogP contribution is -2.47. The normalized spacial score (nSPS) is 27.1. The molecule has 2 fully saturated rings. The zero-order chi connectivity index (χ0) is 17.6. The van der Waals surface area contributed by atoms with Crippen molar-refractivity contribution in [2.24, 2.45) is 5.92 Å². The topological polar surface area (TPSA) is 57.7 Å². The molecule has 2 atom stereocenters. The highest BCUT2D eigenvalue weighted by Crippen LogP contribution is 2.43. The van der Waals surface area contributed by atoms with E-state index in [0.29, 0.717) is 19.1 Å². The van der Waals surface area contributed by atoms with E-state index in [1.807, 2.05) is 0 Å². The van der Waals surface area contributed by atoms with Crippen molar-refractivity contribution in [1.29, 1.82) is 0 Å². The number of rotatable bonds is 4. The highest BCUT2D eigenvalue weighted by molar-refractivity contribution is 7.88. The fourth-order valence-corrected chi connectivity index (χ4v) is 5.33. The van der Waals surface area contributed by atoms with Crippen LogP contribution in [0.1, 0.15) is 49.3 Å². The number of hydrogen-bond acceptors (Lipinski definition) is 3. The molecule has 2 aliphatic carbocycles. The highest BCUT2D eigenvalue weighted by atomic mass is 32.2. The lowest BCUT2D eigenvalue weighted by molar-refractivity contribution is -0.140. The quantitative estimate of drug-likeness (QED) is 0.826. The van der Waals surface area contributed by atoms with Crippen LogP contribution in [0.25, 0.3) is 0 Å². The Bertz CT molecular complexity index is 773. The first-order valence-electron chi connectivity index (χ1n) is 9.30. The summed E-state index contributed by atoms with van der Waals surface area (Å²) in [6.07, 6.45) is 6.97. The molecule has 25 heavy (non-hydrogen) atoms. The number of carbonyl (C=O) groups is 1. The SMILES string of the molecule is CS(=O)(=O)N1CCC[C@@H](C(=O)N(C2CC2)[C@@H]2CCc3ccccc32)C1. The second kappa shape index (κ2) is 6.40. The summed E-state index contributed by atoms with van der Waals surface area (Å²) in [6.45, 7) is 0.882. The lowest BCUT2D eigenvalue weighted by atomic mass is 9.96. The number of fused-ring (bicyclic) bond motifs is 1. The maximum atomic E-state index is 13.4. The van der Waals surface area contributed by atoms with Crippen LogP contribution in [0.3, 0.4) is 0 Å². The molecule has 1 saturated carbocycles. The first-order valence-corrected chi connectivity index (χ1v) is 11.1. The van der Waals surface area contributed by atoms with E-state index in [2.05, 4.69) is 29.2 Å². The van der Waals surface area contributed by atoms with Crippen LogP contribution in [0.4, 0.5) is 0 Å². The third-order valence-corrected chi connectivity index (χ3v) is 7.10. The standard InChI is InChI=1S/C19H26N2O3S/c1-25(23,24)20-12-4-6-15(13-20)19(22)21(16-9-10-16)18-11-8-14-5-2-3-7-17(14)18/h2-3,5,7,15-16,18H,4,6,8-13H2,1H3/t15-,18-/m1/s1. The average Bonchev–Trinajstić information content (AvgIpc) is 3.34. The summed E-state index contributed by atoms with van der Waals surface area (Å²) < 4.78 is 25.3. The van der Waals surface area contributed by atoms with E-state index in [-0.39, 0.29) is 17.9 Å². The van der Waals surface area contributed by atoms with Gasteiger partial charge in [-0.2, -0.15) is 0 Å². The minimum Gasteiger partial charge on any atom is -0.332 e. The Kier molecular flexibility index (Phi) is 4.36. The minimum absolute atomic E-state index is 0.164. The first-order chi connectivity index (χ1) is 11.9. The van der Waals surface area contributed by atoms with Crippen molar-refractivity contribution in [2.75, 3.05) is 19.3 Å². The Morgan fingerprint density at radius 1 is 1.16 bits per heavy atom. The molecule has 5 nitrogen and oxygen atoms in total. The van der Waals surface area contributed by atoms with Crippen molar-refractivity contribution < 1.29 is 13.2 Å². The summed E-state index contributed by atoms with van der Waals surface area (Å²) in [5.74, 6) is -0.0330. The van der Waals surface area contributed by atoms with E-state index in [0.717, 1.165) is 38.5 Å². The van der Waals surface area contributed by atoms with E-state index >= 15 is 0 Å². The van der Waals surface area contributed by atoms with Crippen molar-refractivity contribution in [1.82, 2.24) is 9.21 Å². The summed E-state index contributed by atoms with van der Waals surface area (Å²) in [6, 6.07) is 8.95. The largest absolute Gasteiger partial charge is 0.332 e. The molecular weight excluding hydrogens is 336 g/mol. The number of hydrogen-bond donors (Lipinski definition) is 0. The van der Waals surface area contributed by atoms with Gasteiger partial charge in [0, 0.05) is 19.1 Å². The predicted molar refractivity (Wildman–Crippen MR) is 96.5 cm³/mol. The molecule has 6 heteroatoms. The number of benzene rings is 1. The molecule has 1 aromatic carbocycles. The van der Waals surface area contributed by atoms with E-state index in [9.17, 15) is 13.2 Å². The predicted octanol–water partition coefficient (Wildman–Crippen LogP) is 2.34. The van der Waals surface area contributed by atoms with Crippen LogP contribution >= 0.6 is 0 Å². The van der Waals surface area contributed by atoms with E-state index in [1.54, 1.807) is 0 Å². The zero-order valence-electron chi connectivity index (χ0n) is 14.7. The summed E-state index contributed by atoms with van der Waals surface area (Å²) >= 11 is 0. The van der Waals surface area contributed by atoms with Gasteiger partial charge in [0.25, 0.3) is 0 Å². The average molecular weight is 362 g/mol. The van der Waals surface area contributed by atoms with Crippen LogP contribution in [0.15, 0.2) is 24.3 Å². The maximum absolute atomic E-state index is 13.4.